The van der Waals surface area contributed by atoms with Crippen molar-refractivity contribution in [2.24, 2.45) is 0 Å². The van der Waals surface area contributed by atoms with Crippen molar-refractivity contribution in [1.82, 2.24) is 25.1 Å². The number of fused-ring (bicyclic) bond motifs is 1. The minimum absolute atomic E-state index is 0.321. The Labute approximate surface area is 146 Å². The van der Waals surface area contributed by atoms with Gasteiger partial charge in [-0.05, 0) is 53.8 Å². The van der Waals surface area contributed by atoms with E-state index < -0.39 is 0 Å². The van der Waals surface area contributed by atoms with Crippen LogP contribution in [-0.4, -0.2) is 37.9 Å². The molecule has 5 rings (SSSR count). The van der Waals surface area contributed by atoms with E-state index in [4.69, 9.17) is 9.47 Å². The van der Waals surface area contributed by atoms with Gasteiger partial charge in [-0.15, -0.1) is 5.10 Å². The Hall–Kier alpha value is -2.15. The molecule has 2 fully saturated rings. The maximum Gasteiger partial charge on any atom is 0.231 e. The number of aromatic nitrogens is 4. The monoisotopic (exact) mass is 341 g/mol. The highest BCUT2D eigenvalue weighted by atomic mass is 16.7. The third-order valence-electron chi connectivity index (χ3n) is 5.46. The molecule has 7 nitrogen and oxygen atoms in total. The van der Waals surface area contributed by atoms with Crippen molar-refractivity contribution in [3.63, 3.8) is 0 Å². The molecule has 1 aliphatic heterocycles. The molecule has 0 spiro atoms. The standard InChI is InChI=1S/C18H23N5O2/c1-2-4-14(3-1)22(11-18-19-20-21-23(18)15-6-7-15)10-13-5-8-16-17(9-13)25-12-24-16/h5,8-9,14-15H,1-4,6-7,10-12H2. The summed E-state index contributed by atoms with van der Waals surface area (Å²) in [5.74, 6) is 2.69. The van der Waals surface area contributed by atoms with Crippen molar-refractivity contribution in [2.45, 2.75) is 63.7 Å². The Morgan fingerprint density at radius 3 is 2.72 bits per heavy atom. The first-order valence-corrected chi connectivity index (χ1v) is 9.26. The van der Waals surface area contributed by atoms with Gasteiger partial charge >= 0.3 is 0 Å². The molecule has 0 bridgehead atoms. The van der Waals surface area contributed by atoms with Crippen molar-refractivity contribution >= 4 is 0 Å². The summed E-state index contributed by atoms with van der Waals surface area (Å²) in [5, 5.41) is 12.4. The number of hydrogen-bond acceptors (Lipinski definition) is 6. The molecule has 1 aromatic carbocycles. The molecule has 2 aromatic rings. The van der Waals surface area contributed by atoms with E-state index in [0.717, 1.165) is 30.4 Å². The number of hydrogen-bond donors (Lipinski definition) is 0. The lowest BCUT2D eigenvalue weighted by Gasteiger charge is -2.28. The summed E-state index contributed by atoms with van der Waals surface area (Å²) < 4.78 is 13.0. The molecular weight excluding hydrogens is 318 g/mol. The molecule has 0 unspecified atom stereocenters. The zero-order valence-electron chi connectivity index (χ0n) is 14.3. The van der Waals surface area contributed by atoms with Crippen LogP contribution < -0.4 is 9.47 Å². The molecule has 2 aliphatic carbocycles. The molecule has 1 aromatic heterocycles. The van der Waals surface area contributed by atoms with E-state index in [2.05, 4.69) is 32.6 Å². The SMILES string of the molecule is c1cc2c(cc1CN(Cc1nnnn1C1CC1)C1CCCC1)OCO2. The molecule has 2 saturated carbocycles. The number of nitrogens with zero attached hydrogens (tertiary/aromatic N) is 5. The van der Waals surface area contributed by atoms with Gasteiger partial charge in [-0.3, -0.25) is 4.90 Å². The molecule has 25 heavy (non-hydrogen) atoms. The fourth-order valence-electron chi connectivity index (χ4n) is 3.96. The maximum absolute atomic E-state index is 5.53. The van der Waals surface area contributed by atoms with Crippen LogP contribution in [0.5, 0.6) is 11.5 Å². The lowest BCUT2D eigenvalue weighted by Crippen LogP contribution is -2.33. The van der Waals surface area contributed by atoms with Crippen LogP contribution in [0.1, 0.15) is 56.0 Å². The van der Waals surface area contributed by atoms with E-state index >= 15 is 0 Å². The second kappa shape index (κ2) is 6.29. The van der Waals surface area contributed by atoms with Crippen LogP contribution in [0.4, 0.5) is 0 Å². The summed E-state index contributed by atoms with van der Waals surface area (Å²) in [6.07, 6.45) is 7.55. The van der Waals surface area contributed by atoms with Gasteiger partial charge in [-0.1, -0.05) is 18.9 Å². The van der Waals surface area contributed by atoms with Crippen LogP contribution in [0.25, 0.3) is 0 Å². The predicted octanol–water partition coefficient (Wildman–Crippen LogP) is 2.68. The number of rotatable bonds is 6. The second-order valence-electron chi connectivity index (χ2n) is 7.30. The first-order valence-electron chi connectivity index (χ1n) is 9.26. The average Bonchev–Trinajstić information content (AvgIpc) is 3.07. The molecule has 0 saturated heterocycles. The Morgan fingerprint density at radius 1 is 1.04 bits per heavy atom. The normalized spacial score (nSPS) is 19.9. The van der Waals surface area contributed by atoms with E-state index in [1.54, 1.807) is 0 Å². The van der Waals surface area contributed by atoms with Crippen molar-refractivity contribution in [2.75, 3.05) is 6.79 Å². The highest BCUT2D eigenvalue weighted by molar-refractivity contribution is 5.44. The first kappa shape index (κ1) is 15.1. The van der Waals surface area contributed by atoms with Crippen LogP contribution in [0.2, 0.25) is 0 Å². The van der Waals surface area contributed by atoms with Crippen LogP contribution in [-0.2, 0) is 13.1 Å². The first-order chi connectivity index (χ1) is 12.4. The lowest BCUT2D eigenvalue weighted by atomic mass is 10.1. The zero-order valence-corrected chi connectivity index (χ0v) is 14.3. The molecule has 2 heterocycles. The zero-order chi connectivity index (χ0) is 16.6. The molecule has 3 aliphatic rings. The van der Waals surface area contributed by atoms with Gasteiger partial charge in [0.2, 0.25) is 6.79 Å². The molecule has 7 heteroatoms. The lowest BCUT2D eigenvalue weighted by molar-refractivity contribution is 0.170. The smallest absolute Gasteiger partial charge is 0.231 e. The van der Waals surface area contributed by atoms with E-state index in [1.165, 1.54) is 44.1 Å². The highest BCUT2D eigenvalue weighted by Crippen LogP contribution is 2.36. The van der Waals surface area contributed by atoms with Gasteiger partial charge in [-0.25, -0.2) is 4.68 Å². The quantitative estimate of drug-likeness (QED) is 0.805. The molecule has 0 amide bonds. The highest BCUT2D eigenvalue weighted by Gasteiger charge is 2.30. The number of ether oxygens (including phenoxy) is 2. The third kappa shape index (κ3) is 3.08. The van der Waals surface area contributed by atoms with Gasteiger partial charge < -0.3 is 9.47 Å². The van der Waals surface area contributed by atoms with Gasteiger partial charge in [0.25, 0.3) is 0 Å². The molecule has 0 atom stereocenters. The van der Waals surface area contributed by atoms with Crippen LogP contribution in [0, 0.1) is 0 Å². The fraction of sp³-hybridized carbons (Fsp3) is 0.611. The summed E-state index contributed by atoms with van der Waals surface area (Å²) >= 11 is 0. The molecule has 132 valence electrons. The van der Waals surface area contributed by atoms with Gasteiger partial charge in [-0.2, -0.15) is 0 Å². The van der Waals surface area contributed by atoms with Gasteiger partial charge in [0, 0.05) is 12.6 Å². The van der Waals surface area contributed by atoms with Gasteiger partial charge in [0.15, 0.2) is 17.3 Å². The molecule has 0 N–H and O–H groups in total. The summed E-state index contributed by atoms with van der Waals surface area (Å²) in [5.41, 5.74) is 1.25. The van der Waals surface area contributed by atoms with E-state index in [9.17, 15) is 0 Å². The van der Waals surface area contributed by atoms with Crippen molar-refractivity contribution < 1.29 is 9.47 Å². The Kier molecular flexibility index (Phi) is 3.81. The summed E-state index contributed by atoms with van der Waals surface area (Å²) in [4.78, 5) is 2.54. The third-order valence-corrected chi connectivity index (χ3v) is 5.46. The largest absolute Gasteiger partial charge is 0.454 e. The Bertz CT molecular complexity index is 752. The summed E-state index contributed by atoms with van der Waals surface area (Å²) in [6.45, 7) is 2.02. The predicted molar refractivity (Wildman–Crippen MR) is 90.2 cm³/mol. The minimum atomic E-state index is 0.321. The topological polar surface area (TPSA) is 65.3 Å². The maximum atomic E-state index is 5.53. The summed E-state index contributed by atoms with van der Waals surface area (Å²) in [7, 11) is 0. The Morgan fingerprint density at radius 2 is 1.88 bits per heavy atom. The van der Waals surface area contributed by atoms with Gasteiger partial charge in [0.05, 0.1) is 12.6 Å². The van der Waals surface area contributed by atoms with Crippen molar-refractivity contribution in [1.29, 1.82) is 0 Å². The fourth-order valence-corrected chi connectivity index (χ4v) is 3.96. The van der Waals surface area contributed by atoms with Crippen LogP contribution >= 0.6 is 0 Å². The van der Waals surface area contributed by atoms with E-state index in [-0.39, 0.29) is 0 Å². The molecule has 0 radical (unpaired) electrons. The van der Waals surface area contributed by atoms with E-state index in [1.807, 2.05) is 10.7 Å². The van der Waals surface area contributed by atoms with Crippen LogP contribution in [0.15, 0.2) is 18.2 Å². The van der Waals surface area contributed by atoms with Gasteiger partial charge in [0.1, 0.15) is 0 Å². The Balaban J connectivity index is 1.37. The second-order valence-corrected chi connectivity index (χ2v) is 7.30. The number of tetrazole rings is 1. The minimum Gasteiger partial charge on any atom is -0.454 e. The molecular formula is C18H23N5O2. The van der Waals surface area contributed by atoms with E-state index in [0.29, 0.717) is 18.9 Å². The van der Waals surface area contributed by atoms with Crippen molar-refractivity contribution in [3.8, 4) is 11.5 Å². The van der Waals surface area contributed by atoms with Crippen molar-refractivity contribution in [3.05, 3.63) is 29.6 Å². The number of benzene rings is 1. The van der Waals surface area contributed by atoms with Crippen LogP contribution in [0.3, 0.4) is 0 Å². The summed E-state index contributed by atoms with van der Waals surface area (Å²) in [6, 6.07) is 7.38. The average molecular weight is 341 g/mol.